The lowest BCUT2D eigenvalue weighted by molar-refractivity contribution is 0.0489. The molecule has 1 rings (SSSR count). The van der Waals surface area contributed by atoms with Crippen molar-refractivity contribution in [2.75, 3.05) is 6.61 Å². The molecule has 0 heterocycles. The summed E-state index contributed by atoms with van der Waals surface area (Å²) in [7, 11) is 0. The molecule has 0 atom stereocenters. The zero-order valence-electron chi connectivity index (χ0n) is 9.40. The van der Waals surface area contributed by atoms with Gasteiger partial charge in [-0.2, -0.15) is 0 Å². The molecule has 0 unspecified atom stereocenters. The predicted molar refractivity (Wildman–Crippen MR) is 60.9 cm³/mol. The van der Waals surface area contributed by atoms with Crippen molar-refractivity contribution in [3.63, 3.8) is 0 Å². The molecule has 0 fully saturated rings. The van der Waals surface area contributed by atoms with Gasteiger partial charge in [0.05, 0.1) is 11.1 Å². The van der Waals surface area contributed by atoms with Crippen LogP contribution in [-0.2, 0) is 4.74 Å². The van der Waals surface area contributed by atoms with E-state index in [1.165, 1.54) is 0 Å². The summed E-state index contributed by atoms with van der Waals surface area (Å²) >= 11 is 2.53. The molecule has 1 N–H and O–H groups in total. The standard InChI is InChI=1S/C11H10BrF3O3/c1-2-3-4-18-11(17)5-7(13)9(15)8(14)6(12)10(5)16/h16H,2-4H2,1H3. The third-order valence-corrected chi connectivity index (χ3v) is 2.90. The van der Waals surface area contributed by atoms with Crippen molar-refractivity contribution in [3.8, 4) is 5.75 Å². The van der Waals surface area contributed by atoms with E-state index in [4.69, 9.17) is 0 Å². The average Bonchev–Trinajstić information content (AvgIpc) is 2.34. The number of ether oxygens (including phenoxy) is 1. The number of carbonyl (C=O) groups is 1. The Kier molecular flexibility index (Phi) is 5.01. The molecule has 18 heavy (non-hydrogen) atoms. The van der Waals surface area contributed by atoms with Gasteiger partial charge in [-0.1, -0.05) is 13.3 Å². The van der Waals surface area contributed by atoms with Gasteiger partial charge in [-0.25, -0.2) is 18.0 Å². The first-order valence-electron chi connectivity index (χ1n) is 5.13. The van der Waals surface area contributed by atoms with Gasteiger partial charge >= 0.3 is 5.97 Å². The Morgan fingerprint density at radius 1 is 1.28 bits per heavy atom. The number of halogens is 4. The maximum absolute atomic E-state index is 13.4. The molecule has 7 heteroatoms. The number of carbonyl (C=O) groups excluding carboxylic acids is 1. The van der Waals surface area contributed by atoms with Crippen molar-refractivity contribution in [1.29, 1.82) is 0 Å². The smallest absolute Gasteiger partial charge is 0.345 e. The first-order valence-corrected chi connectivity index (χ1v) is 5.93. The van der Waals surface area contributed by atoms with Crippen molar-refractivity contribution in [2.24, 2.45) is 0 Å². The summed E-state index contributed by atoms with van der Waals surface area (Å²) in [5.74, 6) is -7.47. The summed E-state index contributed by atoms with van der Waals surface area (Å²) in [6, 6.07) is 0. The van der Waals surface area contributed by atoms with Crippen LogP contribution in [0.4, 0.5) is 13.2 Å². The van der Waals surface area contributed by atoms with Gasteiger partial charge in [-0.15, -0.1) is 0 Å². The maximum Gasteiger partial charge on any atom is 0.345 e. The van der Waals surface area contributed by atoms with E-state index in [0.29, 0.717) is 6.42 Å². The molecule has 0 saturated carbocycles. The topological polar surface area (TPSA) is 46.5 Å². The number of phenols is 1. The molecule has 1 aromatic carbocycles. The molecule has 0 amide bonds. The van der Waals surface area contributed by atoms with Crippen LogP contribution in [0.1, 0.15) is 30.1 Å². The second-order valence-electron chi connectivity index (χ2n) is 3.47. The molecule has 3 nitrogen and oxygen atoms in total. The molecule has 0 aromatic heterocycles. The summed E-state index contributed by atoms with van der Waals surface area (Å²) < 4.78 is 43.4. The van der Waals surface area contributed by atoms with Gasteiger partial charge in [0, 0.05) is 0 Å². The van der Waals surface area contributed by atoms with Crippen LogP contribution in [0.25, 0.3) is 0 Å². The fraction of sp³-hybridized carbons (Fsp3) is 0.364. The first kappa shape index (κ1) is 14.8. The van der Waals surface area contributed by atoms with Crippen LogP contribution in [0.5, 0.6) is 5.75 Å². The van der Waals surface area contributed by atoms with Crippen LogP contribution in [0.15, 0.2) is 4.47 Å². The van der Waals surface area contributed by atoms with Gasteiger partial charge in [-0.3, -0.25) is 0 Å². The largest absolute Gasteiger partial charge is 0.506 e. The normalized spacial score (nSPS) is 10.5. The van der Waals surface area contributed by atoms with Gasteiger partial charge in [0.2, 0.25) is 0 Å². The summed E-state index contributed by atoms with van der Waals surface area (Å²) in [4.78, 5) is 11.4. The van der Waals surface area contributed by atoms with E-state index < -0.39 is 39.2 Å². The number of unbranched alkanes of at least 4 members (excludes halogenated alkanes) is 1. The zero-order valence-corrected chi connectivity index (χ0v) is 11.0. The molecule has 0 spiro atoms. The molecule has 0 aliphatic rings. The Morgan fingerprint density at radius 2 is 1.89 bits per heavy atom. The van der Waals surface area contributed by atoms with Crippen molar-refractivity contribution >= 4 is 21.9 Å². The lowest BCUT2D eigenvalue weighted by Gasteiger charge is -2.09. The van der Waals surface area contributed by atoms with E-state index >= 15 is 0 Å². The Hall–Kier alpha value is -1.24. The van der Waals surface area contributed by atoms with Crippen LogP contribution < -0.4 is 0 Å². The van der Waals surface area contributed by atoms with E-state index in [9.17, 15) is 23.1 Å². The Bertz CT molecular complexity index is 448. The number of benzene rings is 1. The van der Waals surface area contributed by atoms with Gasteiger partial charge in [0.25, 0.3) is 0 Å². The Balaban J connectivity index is 3.13. The molecule has 100 valence electrons. The van der Waals surface area contributed by atoms with E-state index in [-0.39, 0.29) is 6.61 Å². The molecule has 0 radical (unpaired) electrons. The number of phenolic OH excluding ortho intramolecular Hbond substituents is 1. The summed E-state index contributed by atoms with van der Waals surface area (Å²) in [6.45, 7) is 1.85. The van der Waals surface area contributed by atoms with E-state index in [1.807, 2.05) is 6.92 Å². The van der Waals surface area contributed by atoms with Crippen molar-refractivity contribution < 1.29 is 27.8 Å². The number of aromatic hydroxyl groups is 1. The lowest BCUT2D eigenvalue weighted by Crippen LogP contribution is -2.11. The SMILES string of the molecule is CCCCOC(=O)c1c(O)c(Br)c(F)c(F)c1F. The van der Waals surface area contributed by atoms with Crippen molar-refractivity contribution in [2.45, 2.75) is 19.8 Å². The summed E-state index contributed by atoms with van der Waals surface area (Å²) in [5.41, 5.74) is -1.02. The first-order chi connectivity index (χ1) is 8.41. The third-order valence-electron chi connectivity index (χ3n) is 2.18. The lowest BCUT2D eigenvalue weighted by atomic mass is 10.1. The molecule has 0 aliphatic carbocycles. The zero-order chi connectivity index (χ0) is 13.9. The fourth-order valence-electron chi connectivity index (χ4n) is 1.19. The van der Waals surface area contributed by atoms with Gasteiger partial charge < -0.3 is 9.84 Å². The fourth-order valence-corrected chi connectivity index (χ4v) is 1.56. The maximum atomic E-state index is 13.4. The minimum atomic E-state index is -1.85. The van der Waals surface area contributed by atoms with Crippen LogP contribution in [0.3, 0.4) is 0 Å². The highest BCUT2D eigenvalue weighted by molar-refractivity contribution is 9.10. The highest BCUT2D eigenvalue weighted by Gasteiger charge is 2.28. The molecule has 0 saturated heterocycles. The Morgan fingerprint density at radius 3 is 2.44 bits per heavy atom. The summed E-state index contributed by atoms with van der Waals surface area (Å²) in [5, 5.41) is 9.42. The van der Waals surface area contributed by atoms with Crippen molar-refractivity contribution in [1.82, 2.24) is 0 Å². The van der Waals surface area contributed by atoms with Crippen molar-refractivity contribution in [3.05, 3.63) is 27.5 Å². The van der Waals surface area contributed by atoms with Crippen LogP contribution in [-0.4, -0.2) is 17.7 Å². The average molecular weight is 327 g/mol. The highest BCUT2D eigenvalue weighted by atomic mass is 79.9. The van der Waals surface area contributed by atoms with Crippen LogP contribution >= 0.6 is 15.9 Å². The van der Waals surface area contributed by atoms with Gasteiger partial charge in [0.15, 0.2) is 23.2 Å². The number of rotatable bonds is 4. The number of hydrogen-bond acceptors (Lipinski definition) is 3. The summed E-state index contributed by atoms with van der Waals surface area (Å²) in [6.07, 6.45) is 1.28. The minimum Gasteiger partial charge on any atom is -0.506 e. The minimum absolute atomic E-state index is 0.00479. The molecule has 0 bridgehead atoms. The van der Waals surface area contributed by atoms with Gasteiger partial charge in [0.1, 0.15) is 5.56 Å². The van der Waals surface area contributed by atoms with Gasteiger partial charge in [-0.05, 0) is 22.4 Å². The number of esters is 1. The predicted octanol–water partition coefficient (Wildman–Crippen LogP) is 3.53. The second kappa shape index (κ2) is 6.08. The monoisotopic (exact) mass is 326 g/mol. The Labute approximate surface area is 110 Å². The molecule has 1 aromatic rings. The third kappa shape index (κ3) is 2.77. The van der Waals surface area contributed by atoms with E-state index in [1.54, 1.807) is 0 Å². The quantitative estimate of drug-likeness (QED) is 0.398. The van der Waals surface area contributed by atoms with Crippen LogP contribution in [0, 0.1) is 17.5 Å². The molecule has 0 aliphatic heterocycles. The van der Waals surface area contributed by atoms with E-state index in [2.05, 4.69) is 20.7 Å². The van der Waals surface area contributed by atoms with Crippen LogP contribution in [0.2, 0.25) is 0 Å². The molecular weight excluding hydrogens is 317 g/mol. The number of hydrogen-bond donors (Lipinski definition) is 1. The second-order valence-corrected chi connectivity index (χ2v) is 4.26. The van der Waals surface area contributed by atoms with E-state index in [0.717, 1.165) is 6.42 Å². The molecular formula is C11H10BrF3O3. The highest BCUT2D eigenvalue weighted by Crippen LogP contribution is 2.35.